The van der Waals surface area contributed by atoms with E-state index in [1.165, 1.54) is 11.3 Å². The second-order valence-electron chi connectivity index (χ2n) is 10.3. The lowest BCUT2D eigenvalue weighted by Gasteiger charge is -2.34. The van der Waals surface area contributed by atoms with Gasteiger partial charge in [-0.3, -0.25) is 9.59 Å². The normalized spacial score (nSPS) is 37.9. The second-order valence-corrected chi connectivity index (χ2v) is 11.4. The van der Waals surface area contributed by atoms with Crippen molar-refractivity contribution in [2.24, 2.45) is 17.8 Å². The molecule has 35 heavy (non-hydrogen) atoms. The number of likely N-dealkylation sites (N-methyl/N-ethyl adjacent to an activating group) is 1. The van der Waals surface area contributed by atoms with Crippen molar-refractivity contribution < 1.29 is 33.3 Å². The molecule has 4 aliphatic rings. The van der Waals surface area contributed by atoms with E-state index in [-0.39, 0.29) is 11.9 Å². The summed E-state index contributed by atoms with van der Waals surface area (Å²) in [6.07, 6.45) is 0.558. The van der Waals surface area contributed by atoms with Crippen LogP contribution in [0.3, 0.4) is 0 Å². The van der Waals surface area contributed by atoms with Crippen LogP contribution in [0, 0.1) is 17.8 Å². The molecule has 2 bridgehead atoms. The topological polar surface area (TPSA) is 94.7 Å². The Morgan fingerprint density at radius 1 is 1.20 bits per heavy atom. The highest BCUT2D eigenvalue weighted by atomic mass is 32.1. The highest BCUT2D eigenvalue weighted by Gasteiger charge is 2.65. The van der Waals surface area contributed by atoms with E-state index in [9.17, 15) is 14.4 Å². The third-order valence-electron chi connectivity index (χ3n) is 7.76. The summed E-state index contributed by atoms with van der Waals surface area (Å²) in [5.41, 5.74) is -0.660. The summed E-state index contributed by atoms with van der Waals surface area (Å²) in [6.45, 7) is 3.74. The number of esters is 3. The molecule has 0 amide bonds. The van der Waals surface area contributed by atoms with Gasteiger partial charge in [0.25, 0.3) is 0 Å². The first kappa shape index (κ1) is 22.7. The first-order valence-corrected chi connectivity index (χ1v) is 12.7. The molecule has 4 heterocycles. The van der Waals surface area contributed by atoms with Crippen molar-refractivity contribution in [3.8, 4) is 0 Å². The van der Waals surface area contributed by atoms with E-state index in [1.807, 2.05) is 56.3 Å². The lowest BCUT2D eigenvalue weighted by atomic mass is 9.80. The molecule has 8 atom stereocenters. The monoisotopic (exact) mass is 497 g/mol. The van der Waals surface area contributed by atoms with Crippen LogP contribution < -0.4 is 0 Å². The molecule has 8 nitrogen and oxygen atoms in total. The number of rotatable bonds is 3. The summed E-state index contributed by atoms with van der Waals surface area (Å²) in [5, 5.41) is 0.974. The largest absolute Gasteiger partial charge is 0.461 e. The first-order chi connectivity index (χ1) is 16.7. The van der Waals surface area contributed by atoms with Gasteiger partial charge in [-0.05, 0) is 44.6 Å². The smallest absolute Gasteiger partial charge is 0.348 e. The van der Waals surface area contributed by atoms with Gasteiger partial charge in [0, 0.05) is 11.1 Å². The highest BCUT2D eigenvalue weighted by molar-refractivity contribution is 7.20. The molecule has 2 aromatic rings. The van der Waals surface area contributed by atoms with Gasteiger partial charge in [0.1, 0.15) is 28.9 Å². The van der Waals surface area contributed by atoms with E-state index >= 15 is 0 Å². The maximum Gasteiger partial charge on any atom is 0.348 e. The quantitative estimate of drug-likeness (QED) is 0.363. The Kier molecular flexibility index (Phi) is 5.11. The fraction of sp³-hybridized carbons (Fsp3) is 0.500. The molecule has 3 aliphatic heterocycles. The minimum absolute atomic E-state index is 0.308. The van der Waals surface area contributed by atoms with Crippen LogP contribution in [0.25, 0.3) is 10.1 Å². The van der Waals surface area contributed by atoms with Crippen molar-refractivity contribution in [1.29, 1.82) is 0 Å². The molecule has 0 spiro atoms. The molecular formula is C26H27NO7S. The highest BCUT2D eigenvalue weighted by Crippen LogP contribution is 2.52. The van der Waals surface area contributed by atoms with Gasteiger partial charge in [-0.1, -0.05) is 25.1 Å². The van der Waals surface area contributed by atoms with Crippen molar-refractivity contribution >= 4 is 39.3 Å². The third kappa shape index (κ3) is 3.59. The fourth-order valence-electron chi connectivity index (χ4n) is 5.91. The Labute approximate surface area is 206 Å². The third-order valence-corrected chi connectivity index (χ3v) is 8.85. The summed E-state index contributed by atoms with van der Waals surface area (Å²) in [6, 6.07) is 9.10. The molecule has 8 unspecified atom stereocenters. The molecule has 1 aliphatic carbocycles. The number of benzene rings is 1. The fourth-order valence-corrected chi connectivity index (χ4v) is 6.85. The molecule has 2 saturated heterocycles. The van der Waals surface area contributed by atoms with Crippen molar-refractivity contribution in [3.63, 3.8) is 0 Å². The maximum atomic E-state index is 13.3. The van der Waals surface area contributed by atoms with Crippen LogP contribution in [0.1, 0.15) is 29.9 Å². The molecule has 0 saturated carbocycles. The molecule has 0 radical (unpaired) electrons. The van der Waals surface area contributed by atoms with Gasteiger partial charge in [-0.15, -0.1) is 11.3 Å². The summed E-state index contributed by atoms with van der Waals surface area (Å²) >= 11 is 1.37. The Morgan fingerprint density at radius 2 is 1.97 bits per heavy atom. The first-order valence-electron chi connectivity index (χ1n) is 11.8. The minimum atomic E-state index is -0.730. The number of epoxide rings is 1. The van der Waals surface area contributed by atoms with E-state index in [0.717, 1.165) is 10.1 Å². The molecule has 184 valence electrons. The number of carbonyl (C=O) groups excluding carboxylic acids is 3. The molecule has 1 aromatic heterocycles. The average molecular weight is 498 g/mol. The van der Waals surface area contributed by atoms with Crippen molar-refractivity contribution in [3.05, 3.63) is 47.0 Å². The standard InChI is InChI=1S/C26H27NO7S/c1-12-19-15-10-14(24(29)31-15)20(27(3)4)21(22-26(2,34-22)11-16(19)32-23(12)28)33-25(30)18-9-13-7-5-6-8-17(13)35-18/h5-10,12,14,16,19-22H,11H2,1-4H3. The van der Waals surface area contributed by atoms with Gasteiger partial charge < -0.3 is 23.8 Å². The average Bonchev–Trinajstić information content (AvgIpc) is 3.08. The number of hydrogen-bond acceptors (Lipinski definition) is 9. The zero-order chi connectivity index (χ0) is 24.6. The SMILES string of the molecule is CC1C(=O)OC2CC3(C)OC3C(OC(=O)c3cc4ccccc4s3)C(N(C)C)C3C=C(OC3=O)C21. The van der Waals surface area contributed by atoms with E-state index in [4.69, 9.17) is 18.9 Å². The van der Waals surface area contributed by atoms with Crippen LogP contribution >= 0.6 is 11.3 Å². The van der Waals surface area contributed by atoms with E-state index < -0.39 is 53.7 Å². The lowest BCUT2D eigenvalue weighted by Crippen LogP contribution is -2.51. The molecule has 6 rings (SSSR count). The van der Waals surface area contributed by atoms with Crippen molar-refractivity contribution in [2.75, 3.05) is 14.1 Å². The van der Waals surface area contributed by atoms with Crippen molar-refractivity contribution in [1.82, 2.24) is 4.90 Å². The number of hydrogen-bond donors (Lipinski definition) is 0. The lowest BCUT2D eigenvalue weighted by molar-refractivity contribution is -0.145. The maximum absolute atomic E-state index is 13.3. The van der Waals surface area contributed by atoms with Crippen LogP contribution in [0.5, 0.6) is 0 Å². The zero-order valence-corrected chi connectivity index (χ0v) is 20.7. The van der Waals surface area contributed by atoms with Crippen LogP contribution in [-0.2, 0) is 28.5 Å². The summed E-state index contributed by atoms with van der Waals surface area (Å²) in [5.74, 6) is -2.15. The van der Waals surface area contributed by atoms with Gasteiger partial charge in [0.05, 0.1) is 29.4 Å². The zero-order valence-electron chi connectivity index (χ0n) is 19.9. The van der Waals surface area contributed by atoms with E-state index in [1.54, 1.807) is 13.0 Å². The summed E-state index contributed by atoms with van der Waals surface area (Å²) < 4.78 is 24.7. The Balaban J connectivity index is 1.38. The van der Waals surface area contributed by atoms with E-state index in [0.29, 0.717) is 17.1 Å². The van der Waals surface area contributed by atoms with Crippen LogP contribution in [0.15, 0.2) is 42.2 Å². The second kappa shape index (κ2) is 7.88. The molecular weight excluding hydrogens is 470 g/mol. The number of fused-ring (bicyclic) bond motifs is 5. The predicted molar refractivity (Wildman–Crippen MR) is 127 cm³/mol. The van der Waals surface area contributed by atoms with Gasteiger partial charge in [-0.25, -0.2) is 4.79 Å². The van der Waals surface area contributed by atoms with Gasteiger partial charge in [0.15, 0.2) is 0 Å². The van der Waals surface area contributed by atoms with E-state index in [2.05, 4.69) is 0 Å². The number of ether oxygens (including phenoxy) is 4. The van der Waals surface area contributed by atoms with Crippen LogP contribution in [0.2, 0.25) is 0 Å². The van der Waals surface area contributed by atoms with Gasteiger partial charge >= 0.3 is 17.9 Å². The van der Waals surface area contributed by atoms with Gasteiger partial charge in [0.2, 0.25) is 0 Å². The van der Waals surface area contributed by atoms with Crippen LogP contribution in [0.4, 0.5) is 0 Å². The van der Waals surface area contributed by atoms with Crippen LogP contribution in [-0.4, -0.2) is 66.9 Å². The summed E-state index contributed by atoms with van der Waals surface area (Å²) in [7, 11) is 3.70. The Morgan fingerprint density at radius 3 is 2.71 bits per heavy atom. The Hall–Kier alpha value is -2.75. The molecule has 1 aromatic carbocycles. The predicted octanol–water partition coefficient (Wildman–Crippen LogP) is 3.15. The van der Waals surface area contributed by atoms with Gasteiger partial charge in [-0.2, -0.15) is 0 Å². The minimum Gasteiger partial charge on any atom is -0.461 e. The van der Waals surface area contributed by atoms with Crippen molar-refractivity contribution in [2.45, 2.75) is 50.2 Å². The molecule has 2 fully saturated rings. The number of thiophene rings is 1. The molecule has 0 N–H and O–H groups in total. The Bertz CT molecular complexity index is 1230. The molecule has 9 heteroatoms. The number of carbonyl (C=O) groups is 3. The number of nitrogens with zero attached hydrogens (tertiary/aromatic N) is 1. The summed E-state index contributed by atoms with van der Waals surface area (Å²) in [4.78, 5) is 41.2.